The van der Waals surface area contributed by atoms with Crippen molar-refractivity contribution in [3.8, 4) is 0 Å². The third kappa shape index (κ3) is 3.50. The molecule has 14 heavy (non-hydrogen) atoms. The summed E-state index contributed by atoms with van der Waals surface area (Å²) < 4.78 is 5.01. The van der Waals surface area contributed by atoms with Crippen molar-refractivity contribution < 1.29 is 9.53 Å². The average molecular weight is 212 g/mol. The van der Waals surface area contributed by atoms with Gasteiger partial charge in [0.05, 0.1) is 13.0 Å². The summed E-state index contributed by atoms with van der Waals surface area (Å²) in [6, 6.07) is 4.09. The number of thiophene rings is 1. The maximum atomic E-state index is 11.3. The van der Waals surface area contributed by atoms with Crippen molar-refractivity contribution in [1.29, 1.82) is 0 Å². The molecule has 2 nitrogen and oxygen atoms in total. The fraction of sp³-hybridized carbons (Fsp3) is 0.545. The van der Waals surface area contributed by atoms with Gasteiger partial charge in [0.1, 0.15) is 0 Å². The number of carbonyl (C=O) groups excluding carboxylic acids is 1. The molecule has 0 saturated heterocycles. The van der Waals surface area contributed by atoms with Gasteiger partial charge in [-0.1, -0.05) is 13.8 Å². The molecular weight excluding hydrogens is 196 g/mol. The minimum absolute atomic E-state index is 0.114. The molecule has 1 aromatic rings. The minimum atomic E-state index is -0.114. The molecule has 3 heteroatoms. The van der Waals surface area contributed by atoms with Crippen LogP contribution >= 0.6 is 11.3 Å². The number of ether oxygens (including phenoxy) is 1. The first kappa shape index (κ1) is 11.2. The van der Waals surface area contributed by atoms with Crippen molar-refractivity contribution in [3.63, 3.8) is 0 Å². The zero-order valence-corrected chi connectivity index (χ0v) is 9.52. The fourth-order valence-corrected chi connectivity index (χ4v) is 2.06. The van der Waals surface area contributed by atoms with Gasteiger partial charge in [0.25, 0.3) is 0 Å². The molecule has 0 fully saturated rings. The molecule has 78 valence electrons. The van der Waals surface area contributed by atoms with E-state index < -0.39 is 0 Å². The van der Waals surface area contributed by atoms with Crippen molar-refractivity contribution in [2.24, 2.45) is 0 Å². The lowest BCUT2D eigenvalue weighted by atomic mass is 10.3. The molecule has 1 aromatic heterocycles. The van der Waals surface area contributed by atoms with Crippen LogP contribution in [-0.4, -0.2) is 12.6 Å². The second-order valence-electron chi connectivity index (χ2n) is 3.12. The molecule has 0 atom stereocenters. The van der Waals surface area contributed by atoms with Gasteiger partial charge in [-0.25, -0.2) is 0 Å². The van der Waals surface area contributed by atoms with Crippen LogP contribution < -0.4 is 0 Å². The lowest BCUT2D eigenvalue weighted by Crippen LogP contribution is -2.07. The molecule has 0 amide bonds. The molecule has 0 aromatic carbocycles. The largest absolute Gasteiger partial charge is 0.465 e. The van der Waals surface area contributed by atoms with E-state index in [4.69, 9.17) is 4.74 Å². The van der Waals surface area contributed by atoms with Crippen molar-refractivity contribution in [1.82, 2.24) is 0 Å². The predicted molar refractivity (Wildman–Crippen MR) is 58.7 cm³/mol. The van der Waals surface area contributed by atoms with Gasteiger partial charge in [-0.05, 0) is 25.0 Å². The van der Waals surface area contributed by atoms with Gasteiger partial charge >= 0.3 is 5.97 Å². The Balaban J connectivity index is 2.39. The van der Waals surface area contributed by atoms with Crippen LogP contribution in [0.5, 0.6) is 0 Å². The lowest BCUT2D eigenvalue weighted by Gasteiger charge is -2.00. The molecule has 0 saturated carbocycles. The molecule has 0 N–H and O–H groups in total. The molecule has 1 rings (SSSR count). The van der Waals surface area contributed by atoms with Crippen molar-refractivity contribution >= 4 is 17.3 Å². The molecule has 0 bridgehead atoms. The SMILES string of the molecule is CCCOC(=O)Cc1ccc(CC)s1. The van der Waals surface area contributed by atoms with Crippen LogP contribution in [0.25, 0.3) is 0 Å². The summed E-state index contributed by atoms with van der Waals surface area (Å²) in [6.07, 6.45) is 2.34. The first-order valence-electron chi connectivity index (χ1n) is 4.99. The summed E-state index contributed by atoms with van der Waals surface area (Å²) in [6.45, 7) is 4.64. The molecule has 0 spiro atoms. The number of esters is 1. The van der Waals surface area contributed by atoms with E-state index in [1.807, 2.05) is 13.0 Å². The molecule has 0 radical (unpaired) electrons. The highest BCUT2D eigenvalue weighted by Crippen LogP contribution is 2.17. The van der Waals surface area contributed by atoms with Gasteiger partial charge in [0.2, 0.25) is 0 Å². The smallest absolute Gasteiger partial charge is 0.311 e. The highest BCUT2D eigenvalue weighted by Gasteiger charge is 2.06. The van der Waals surface area contributed by atoms with E-state index in [0.29, 0.717) is 13.0 Å². The second kappa shape index (κ2) is 5.81. The Morgan fingerprint density at radius 2 is 2.07 bits per heavy atom. The summed E-state index contributed by atoms with van der Waals surface area (Å²) in [7, 11) is 0. The highest BCUT2D eigenvalue weighted by molar-refractivity contribution is 7.12. The number of hydrogen-bond donors (Lipinski definition) is 0. The summed E-state index contributed by atoms with van der Waals surface area (Å²) in [4.78, 5) is 13.7. The van der Waals surface area contributed by atoms with Gasteiger partial charge in [0.15, 0.2) is 0 Å². The van der Waals surface area contributed by atoms with E-state index in [1.54, 1.807) is 11.3 Å². The normalized spacial score (nSPS) is 10.1. The first-order valence-corrected chi connectivity index (χ1v) is 5.81. The van der Waals surface area contributed by atoms with E-state index in [0.717, 1.165) is 17.7 Å². The second-order valence-corrected chi connectivity index (χ2v) is 4.37. The standard InChI is InChI=1S/C11H16O2S/c1-3-7-13-11(12)8-10-6-5-9(4-2)14-10/h5-6H,3-4,7-8H2,1-2H3. The van der Waals surface area contributed by atoms with Gasteiger partial charge in [-0.15, -0.1) is 11.3 Å². The van der Waals surface area contributed by atoms with Crippen molar-refractivity contribution in [3.05, 3.63) is 21.9 Å². The van der Waals surface area contributed by atoms with Crippen LogP contribution in [0.2, 0.25) is 0 Å². The Morgan fingerprint density at radius 1 is 1.36 bits per heavy atom. The third-order valence-electron chi connectivity index (χ3n) is 1.85. The molecule has 0 unspecified atom stereocenters. The monoisotopic (exact) mass is 212 g/mol. The van der Waals surface area contributed by atoms with Crippen LogP contribution in [0.15, 0.2) is 12.1 Å². The maximum absolute atomic E-state index is 11.3. The maximum Gasteiger partial charge on any atom is 0.311 e. The lowest BCUT2D eigenvalue weighted by molar-refractivity contribution is -0.142. The van der Waals surface area contributed by atoms with E-state index in [-0.39, 0.29) is 5.97 Å². The Kier molecular flexibility index (Phi) is 4.66. The first-order chi connectivity index (χ1) is 6.76. The van der Waals surface area contributed by atoms with Gasteiger partial charge < -0.3 is 4.74 Å². The Morgan fingerprint density at radius 3 is 2.64 bits per heavy atom. The molecule has 1 heterocycles. The summed E-state index contributed by atoms with van der Waals surface area (Å²) in [5, 5.41) is 0. The molecular formula is C11H16O2S. The fourth-order valence-electron chi connectivity index (χ4n) is 1.12. The average Bonchev–Trinajstić information content (AvgIpc) is 2.62. The number of aryl methyl sites for hydroxylation is 1. The molecule has 0 aliphatic heterocycles. The van der Waals surface area contributed by atoms with Gasteiger partial charge in [-0.2, -0.15) is 0 Å². The molecule has 0 aliphatic carbocycles. The zero-order valence-electron chi connectivity index (χ0n) is 8.71. The highest BCUT2D eigenvalue weighted by atomic mass is 32.1. The van der Waals surface area contributed by atoms with Crippen molar-refractivity contribution in [2.75, 3.05) is 6.61 Å². The third-order valence-corrected chi connectivity index (χ3v) is 3.08. The minimum Gasteiger partial charge on any atom is -0.465 e. The van der Waals surface area contributed by atoms with E-state index >= 15 is 0 Å². The van der Waals surface area contributed by atoms with Crippen LogP contribution in [-0.2, 0) is 22.4 Å². The summed E-state index contributed by atoms with van der Waals surface area (Å²) in [5.41, 5.74) is 0. The number of rotatable bonds is 5. The van der Waals surface area contributed by atoms with E-state index in [9.17, 15) is 4.79 Å². The Hall–Kier alpha value is -0.830. The van der Waals surface area contributed by atoms with Gasteiger partial charge in [0, 0.05) is 9.75 Å². The van der Waals surface area contributed by atoms with E-state index in [1.165, 1.54) is 4.88 Å². The Labute approximate surface area is 88.9 Å². The van der Waals surface area contributed by atoms with Crippen LogP contribution in [0.3, 0.4) is 0 Å². The van der Waals surface area contributed by atoms with E-state index in [2.05, 4.69) is 13.0 Å². The predicted octanol–water partition coefficient (Wildman–Crippen LogP) is 2.81. The van der Waals surface area contributed by atoms with Gasteiger partial charge in [-0.3, -0.25) is 4.79 Å². The number of hydrogen-bond acceptors (Lipinski definition) is 3. The molecule has 0 aliphatic rings. The van der Waals surface area contributed by atoms with Crippen LogP contribution in [0, 0.1) is 0 Å². The Bertz CT molecular complexity index is 291. The number of carbonyl (C=O) groups is 1. The van der Waals surface area contributed by atoms with Crippen LogP contribution in [0.1, 0.15) is 30.0 Å². The quantitative estimate of drug-likeness (QED) is 0.701. The van der Waals surface area contributed by atoms with Crippen LogP contribution in [0.4, 0.5) is 0 Å². The topological polar surface area (TPSA) is 26.3 Å². The zero-order chi connectivity index (χ0) is 10.4. The van der Waals surface area contributed by atoms with Crippen molar-refractivity contribution in [2.45, 2.75) is 33.1 Å². The summed E-state index contributed by atoms with van der Waals surface area (Å²) in [5.74, 6) is -0.114. The summed E-state index contributed by atoms with van der Waals surface area (Å²) >= 11 is 1.69.